The van der Waals surface area contributed by atoms with Gasteiger partial charge in [0.05, 0.1) is 0 Å². The van der Waals surface area contributed by atoms with Crippen LogP contribution in [0.25, 0.3) is 0 Å². The molecule has 0 bridgehead atoms. The lowest BCUT2D eigenvalue weighted by Crippen LogP contribution is -2.46. The molecule has 2 aliphatic rings. The van der Waals surface area contributed by atoms with Crippen LogP contribution >= 0.6 is 0 Å². The van der Waals surface area contributed by atoms with Gasteiger partial charge in [0.25, 0.3) is 0 Å². The first kappa shape index (κ1) is 15.4. The molecule has 2 saturated carbocycles. The Bertz CT molecular complexity index is 253. The molecule has 19 heavy (non-hydrogen) atoms. The summed E-state index contributed by atoms with van der Waals surface area (Å²) >= 11 is 0. The predicted octanol–water partition coefficient (Wildman–Crippen LogP) is 5.01. The third kappa shape index (κ3) is 3.97. The second kappa shape index (κ2) is 6.61. The topological polar surface area (TPSA) is 12.0 Å². The summed E-state index contributed by atoms with van der Waals surface area (Å²) in [5.74, 6) is 2.93. The zero-order valence-electron chi connectivity index (χ0n) is 13.7. The van der Waals surface area contributed by atoms with Crippen LogP contribution in [0.15, 0.2) is 0 Å². The maximum Gasteiger partial charge on any atom is 0.0124 e. The molecule has 0 aromatic heterocycles. The predicted molar refractivity (Wildman–Crippen MR) is 84.3 cm³/mol. The molecule has 0 aromatic carbocycles. The monoisotopic (exact) mass is 265 g/mol. The minimum Gasteiger partial charge on any atom is -0.313 e. The van der Waals surface area contributed by atoms with E-state index in [0.717, 1.165) is 23.8 Å². The second-order valence-corrected chi connectivity index (χ2v) is 8.15. The van der Waals surface area contributed by atoms with Gasteiger partial charge in [-0.05, 0) is 74.7 Å². The van der Waals surface area contributed by atoms with Gasteiger partial charge in [0.15, 0.2) is 0 Å². The molecule has 2 fully saturated rings. The summed E-state index contributed by atoms with van der Waals surface area (Å²) in [6.07, 6.45) is 11.6. The molecule has 0 aliphatic heterocycles. The molecule has 1 N–H and O–H groups in total. The van der Waals surface area contributed by atoms with E-state index < -0.39 is 0 Å². The summed E-state index contributed by atoms with van der Waals surface area (Å²) in [5.41, 5.74) is 0.522. The summed E-state index contributed by atoms with van der Waals surface area (Å²) in [4.78, 5) is 0. The molecule has 2 aliphatic carbocycles. The van der Waals surface area contributed by atoms with Gasteiger partial charge in [-0.1, -0.05) is 34.1 Å². The Labute approximate surface area is 120 Å². The first-order chi connectivity index (χ1) is 9.02. The van der Waals surface area contributed by atoms with Gasteiger partial charge in [0.2, 0.25) is 0 Å². The molecule has 1 atom stereocenters. The third-order valence-corrected chi connectivity index (χ3v) is 5.79. The lowest BCUT2D eigenvalue weighted by atomic mass is 9.65. The Kier molecular flexibility index (Phi) is 5.34. The van der Waals surface area contributed by atoms with E-state index in [-0.39, 0.29) is 0 Å². The zero-order chi connectivity index (χ0) is 13.9. The molecule has 112 valence electrons. The van der Waals surface area contributed by atoms with Crippen molar-refractivity contribution in [3.8, 4) is 0 Å². The molecule has 2 rings (SSSR count). The normalized spacial score (nSPS) is 30.9. The maximum atomic E-state index is 3.89. The Morgan fingerprint density at radius 2 is 1.53 bits per heavy atom. The average Bonchev–Trinajstić information content (AvgIpc) is 2.31. The quantitative estimate of drug-likeness (QED) is 0.737. The van der Waals surface area contributed by atoms with Crippen molar-refractivity contribution in [1.29, 1.82) is 0 Å². The fourth-order valence-corrected chi connectivity index (χ4v) is 4.17. The summed E-state index contributed by atoms with van der Waals surface area (Å²) in [7, 11) is 0. The number of hydrogen-bond acceptors (Lipinski definition) is 1. The summed E-state index contributed by atoms with van der Waals surface area (Å²) < 4.78 is 0. The highest BCUT2D eigenvalue weighted by Gasteiger charge is 2.37. The van der Waals surface area contributed by atoms with Crippen molar-refractivity contribution in [1.82, 2.24) is 5.32 Å². The van der Waals surface area contributed by atoms with Crippen molar-refractivity contribution < 1.29 is 0 Å². The van der Waals surface area contributed by atoms with Gasteiger partial charge in [-0.25, -0.2) is 0 Å². The highest BCUT2D eigenvalue weighted by molar-refractivity contribution is 4.91. The fraction of sp³-hybridized carbons (Fsp3) is 1.00. The minimum atomic E-state index is 0.522. The van der Waals surface area contributed by atoms with Gasteiger partial charge in [0, 0.05) is 6.04 Å². The van der Waals surface area contributed by atoms with Crippen molar-refractivity contribution in [3.05, 3.63) is 0 Å². The van der Waals surface area contributed by atoms with Gasteiger partial charge < -0.3 is 5.32 Å². The van der Waals surface area contributed by atoms with E-state index in [0.29, 0.717) is 5.41 Å². The first-order valence-corrected chi connectivity index (χ1v) is 8.75. The van der Waals surface area contributed by atoms with Crippen molar-refractivity contribution >= 4 is 0 Å². The van der Waals surface area contributed by atoms with Gasteiger partial charge >= 0.3 is 0 Å². The van der Waals surface area contributed by atoms with Gasteiger partial charge in [-0.15, -0.1) is 0 Å². The van der Waals surface area contributed by atoms with Gasteiger partial charge in [0.1, 0.15) is 0 Å². The van der Waals surface area contributed by atoms with Crippen LogP contribution in [0.4, 0.5) is 0 Å². The van der Waals surface area contributed by atoms with E-state index in [1.807, 2.05) is 0 Å². The van der Waals surface area contributed by atoms with Crippen molar-refractivity contribution in [3.63, 3.8) is 0 Å². The summed E-state index contributed by atoms with van der Waals surface area (Å²) in [6.45, 7) is 10.8. The minimum absolute atomic E-state index is 0.522. The number of hydrogen-bond donors (Lipinski definition) is 1. The SMILES string of the molecule is CCCNC(C1CCC1)C1CCC(C(C)(C)C)CC1. The first-order valence-electron chi connectivity index (χ1n) is 8.75. The van der Waals surface area contributed by atoms with Crippen LogP contribution in [-0.2, 0) is 0 Å². The van der Waals surface area contributed by atoms with Crippen LogP contribution in [0.1, 0.15) is 79.1 Å². The Balaban J connectivity index is 1.86. The molecule has 0 heterocycles. The van der Waals surface area contributed by atoms with E-state index in [9.17, 15) is 0 Å². The van der Waals surface area contributed by atoms with Gasteiger partial charge in [-0.3, -0.25) is 0 Å². The molecule has 1 nitrogen and oxygen atoms in total. The van der Waals surface area contributed by atoms with Crippen LogP contribution in [0.2, 0.25) is 0 Å². The molecule has 0 aromatic rings. The standard InChI is InChI=1S/C18H35N/c1-5-13-19-17(14-7-6-8-14)15-9-11-16(12-10-15)18(2,3)4/h14-17,19H,5-13H2,1-4H3. The lowest BCUT2D eigenvalue weighted by molar-refractivity contribution is 0.0958. The molecule has 0 amide bonds. The van der Waals surface area contributed by atoms with Gasteiger partial charge in [-0.2, -0.15) is 0 Å². The molecule has 0 spiro atoms. The number of rotatable bonds is 5. The molecule has 1 unspecified atom stereocenters. The van der Waals surface area contributed by atoms with Crippen molar-refractivity contribution in [2.45, 2.75) is 85.1 Å². The Morgan fingerprint density at radius 1 is 0.947 bits per heavy atom. The summed E-state index contributed by atoms with van der Waals surface area (Å²) in [5, 5.41) is 3.89. The molecular formula is C18H35N. The van der Waals surface area contributed by atoms with E-state index in [2.05, 4.69) is 33.0 Å². The van der Waals surface area contributed by atoms with Crippen molar-refractivity contribution in [2.75, 3.05) is 6.54 Å². The highest BCUT2D eigenvalue weighted by atomic mass is 14.9. The van der Waals surface area contributed by atoms with Crippen LogP contribution < -0.4 is 5.32 Å². The van der Waals surface area contributed by atoms with Crippen LogP contribution in [-0.4, -0.2) is 12.6 Å². The Morgan fingerprint density at radius 3 is 1.95 bits per heavy atom. The molecular weight excluding hydrogens is 230 g/mol. The second-order valence-electron chi connectivity index (χ2n) is 8.15. The highest BCUT2D eigenvalue weighted by Crippen LogP contribution is 2.43. The van der Waals surface area contributed by atoms with Crippen molar-refractivity contribution in [2.24, 2.45) is 23.2 Å². The zero-order valence-corrected chi connectivity index (χ0v) is 13.7. The van der Waals surface area contributed by atoms with E-state index >= 15 is 0 Å². The third-order valence-electron chi connectivity index (χ3n) is 5.79. The fourth-order valence-electron chi connectivity index (χ4n) is 4.17. The molecule has 0 saturated heterocycles. The lowest BCUT2D eigenvalue weighted by Gasteiger charge is -2.44. The van der Waals surface area contributed by atoms with Crippen LogP contribution in [0.3, 0.4) is 0 Å². The van der Waals surface area contributed by atoms with Crippen LogP contribution in [0.5, 0.6) is 0 Å². The Hall–Kier alpha value is -0.0400. The smallest absolute Gasteiger partial charge is 0.0124 e. The largest absolute Gasteiger partial charge is 0.313 e. The molecule has 1 heteroatoms. The number of nitrogens with one attached hydrogen (secondary N) is 1. The average molecular weight is 265 g/mol. The van der Waals surface area contributed by atoms with E-state index in [1.165, 1.54) is 57.9 Å². The summed E-state index contributed by atoms with van der Waals surface area (Å²) in [6, 6.07) is 0.842. The van der Waals surface area contributed by atoms with E-state index in [1.54, 1.807) is 0 Å². The maximum absolute atomic E-state index is 3.89. The van der Waals surface area contributed by atoms with E-state index in [4.69, 9.17) is 0 Å². The molecule has 0 radical (unpaired) electrons. The van der Waals surface area contributed by atoms with Crippen LogP contribution in [0, 0.1) is 23.2 Å².